The molecule has 31 heavy (non-hydrogen) atoms. The molecule has 0 aliphatic carbocycles. The summed E-state index contributed by atoms with van der Waals surface area (Å²) in [4.78, 5) is 30.2. The number of fused-ring (bicyclic) bond motifs is 1. The van der Waals surface area contributed by atoms with Gasteiger partial charge in [0.25, 0.3) is 0 Å². The number of benzene rings is 2. The second kappa shape index (κ2) is 8.03. The van der Waals surface area contributed by atoms with Gasteiger partial charge in [-0.1, -0.05) is 16.8 Å². The van der Waals surface area contributed by atoms with Crippen molar-refractivity contribution in [2.45, 2.75) is 40.3 Å². The Hall–Kier alpha value is -3.39. The summed E-state index contributed by atoms with van der Waals surface area (Å²) >= 11 is 5.99. The number of nitrogens with zero attached hydrogens (tertiary/aromatic N) is 4. The highest BCUT2D eigenvalue weighted by atomic mass is 35.5. The third-order valence-corrected chi connectivity index (χ3v) is 5.26. The molecule has 2 aromatic heterocycles. The molecule has 0 atom stereocenters. The van der Waals surface area contributed by atoms with Crippen molar-refractivity contribution in [2.24, 2.45) is 0 Å². The average molecular weight is 440 g/mol. The molecule has 4 aromatic rings. The van der Waals surface area contributed by atoms with E-state index in [0.29, 0.717) is 33.5 Å². The molecule has 0 saturated heterocycles. The average Bonchev–Trinajstić information content (AvgIpc) is 3.25. The third-order valence-electron chi connectivity index (χ3n) is 5.03. The van der Waals surface area contributed by atoms with Crippen LogP contribution in [-0.2, 0) is 11.3 Å². The fourth-order valence-corrected chi connectivity index (χ4v) is 3.81. The van der Waals surface area contributed by atoms with Gasteiger partial charge in [0.2, 0.25) is 17.6 Å². The smallest absolute Gasteiger partial charge is 0.329 e. The van der Waals surface area contributed by atoms with Crippen molar-refractivity contribution in [3.8, 4) is 11.4 Å². The highest BCUT2D eigenvalue weighted by Gasteiger charge is 2.19. The summed E-state index contributed by atoms with van der Waals surface area (Å²) in [5.41, 5.74) is 3.30. The van der Waals surface area contributed by atoms with Gasteiger partial charge in [0.15, 0.2) is 0 Å². The largest absolute Gasteiger partial charge is 0.339 e. The van der Waals surface area contributed by atoms with Crippen molar-refractivity contribution in [2.75, 3.05) is 5.32 Å². The quantitative estimate of drug-likeness (QED) is 0.499. The monoisotopic (exact) mass is 439 g/mol. The van der Waals surface area contributed by atoms with Gasteiger partial charge in [-0.2, -0.15) is 4.98 Å². The molecule has 160 valence electrons. The van der Waals surface area contributed by atoms with Crippen LogP contribution in [0.1, 0.15) is 31.3 Å². The SMILES string of the molecule is Cc1nc(-c2ccc3c(c2)n(CC(=O)Nc2ccc(Cl)cc2C)c(=O)n3C(C)C)no1. The molecule has 1 amide bonds. The van der Waals surface area contributed by atoms with E-state index in [1.54, 1.807) is 35.8 Å². The lowest BCUT2D eigenvalue weighted by Crippen LogP contribution is -2.30. The molecule has 0 unspecified atom stereocenters. The molecule has 1 N–H and O–H groups in total. The maximum atomic E-state index is 13.2. The molecule has 0 bridgehead atoms. The van der Waals surface area contributed by atoms with Crippen molar-refractivity contribution in [1.29, 1.82) is 0 Å². The Kier molecular flexibility index (Phi) is 5.41. The normalized spacial score (nSPS) is 11.4. The number of hydrogen-bond acceptors (Lipinski definition) is 5. The van der Waals surface area contributed by atoms with Gasteiger partial charge in [0.1, 0.15) is 6.54 Å². The molecular weight excluding hydrogens is 418 g/mol. The van der Waals surface area contributed by atoms with Crippen LogP contribution in [0.4, 0.5) is 5.69 Å². The van der Waals surface area contributed by atoms with Gasteiger partial charge < -0.3 is 9.84 Å². The zero-order valence-electron chi connectivity index (χ0n) is 17.6. The molecule has 9 heteroatoms. The Balaban J connectivity index is 1.75. The fraction of sp³-hybridized carbons (Fsp3) is 0.273. The number of carbonyl (C=O) groups is 1. The number of imidazole rings is 1. The van der Waals surface area contributed by atoms with Crippen LogP contribution >= 0.6 is 11.6 Å². The van der Waals surface area contributed by atoms with Crippen LogP contribution in [0.2, 0.25) is 5.02 Å². The molecule has 0 saturated carbocycles. The summed E-state index contributed by atoms with van der Waals surface area (Å²) in [5.74, 6) is 0.568. The van der Waals surface area contributed by atoms with E-state index in [1.807, 2.05) is 32.9 Å². The van der Waals surface area contributed by atoms with Crippen LogP contribution in [0.3, 0.4) is 0 Å². The van der Waals surface area contributed by atoms with E-state index in [0.717, 1.165) is 11.1 Å². The Morgan fingerprint density at radius 1 is 1.16 bits per heavy atom. The lowest BCUT2D eigenvalue weighted by atomic mass is 10.2. The summed E-state index contributed by atoms with van der Waals surface area (Å²) in [6.07, 6.45) is 0. The Labute approximate surface area is 183 Å². The number of anilines is 1. The van der Waals surface area contributed by atoms with E-state index in [1.165, 1.54) is 4.57 Å². The van der Waals surface area contributed by atoms with E-state index >= 15 is 0 Å². The maximum Gasteiger partial charge on any atom is 0.329 e. The van der Waals surface area contributed by atoms with Crippen LogP contribution in [-0.4, -0.2) is 25.2 Å². The summed E-state index contributed by atoms with van der Waals surface area (Å²) < 4.78 is 8.20. The number of halogens is 1. The topological polar surface area (TPSA) is 95.0 Å². The third kappa shape index (κ3) is 3.98. The molecule has 0 radical (unpaired) electrons. The minimum absolute atomic E-state index is 0.0731. The number of carbonyl (C=O) groups excluding carboxylic acids is 1. The van der Waals surface area contributed by atoms with Crippen LogP contribution in [0.5, 0.6) is 0 Å². The first-order valence-electron chi connectivity index (χ1n) is 9.86. The number of rotatable bonds is 5. The molecule has 0 fully saturated rings. The van der Waals surface area contributed by atoms with Crippen molar-refractivity contribution in [3.05, 3.63) is 63.4 Å². The molecule has 0 aliphatic rings. The number of amides is 1. The number of aromatic nitrogens is 4. The molecule has 2 heterocycles. The van der Waals surface area contributed by atoms with Gasteiger partial charge in [-0.3, -0.25) is 13.9 Å². The zero-order valence-corrected chi connectivity index (χ0v) is 18.4. The molecule has 0 aliphatic heterocycles. The Morgan fingerprint density at radius 3 is 2.58 bits per heavy atom. The van der Waals surface area contributed by atoms with Crippen molar-refractivity contribution in [1.82, 2.24) is 19.3 Å². The molecular formula is C22H22ClN5O3. The van der Waals surface area contributed by atoms with Crippen molar-refractivity contribution < 1.29 is 9.32 Å². The van der Waals surface area contributed by atoms with E-state index in [2.05, 4.69) is 15.5 Å². The van der Waals surface area contributed by atoms with Gasteiger partial charge in [-0.25, -0.2) is 4.79 Å². The minimum Gasteiger partial charge on any atom is -0.339 e. The lowest BCUT2D eigenvalue weighted by Gasteiger charge is -2.09. The van der Waals surface area contributed by atoms with Crippen LogP contribution in [0.25, 0.3) is 22.4 Å². The van der Waals surface area contributed by atoms with Crippen molar-refractivity contribution in [3.63, 3.8) is 0 Å². The molecule has 0 spiro atoms. The van der Waals surface area contributed by atoms with E-state index in [4.69, 9.17) is 16.1 Å². The van der Waals surface area contributed by atoms with Gasteiger partial charge in [-0.05, 0) is 62.7 Å². The summed E-state index contributed by atoms with van der Waals surface area (Å²) in [6, 6.07) is 10.6. The first-order chi connectivity index (χ1) is 14.7. The summed E-state index contributed by atoms with van der Waals surface area (Å²) in [6.45, 7) is 7.30. The minimum atomic E-state index is -0.309. The van der Waals surface area contributed by atoms with E-state index < -0.39 is 0 Å². The second-order valence-electron chi connectivity index (χ2n) is 7.68. The van der Waals surface area contributed by atoms with Crippen LogP contribution in [0.15, 0.2) is 45.7 Å². The predicted octanol–water partition coefficient (Wildman–Crippen LogP) is 4.34. The first-order valence-corrected chi connectivity index (χ1v) is 10.2. The molecule has 4 rings (SSSR count). The number of hydrogen-bond donors (Lipinski definition) is 1. The van der Waals surface area contributed by atoms with Crippen LogP contribution in [0, 0.1) is 13.8 Å². The van der Waals surface area contributed by atoms with Gasteiger partial charge in [0, 0.05) is 29.2 Å². The van der Waals surface area contributed by atoms with E-state index in [-0.39, 0.29) is 24.2 Å². The highest BCUT2D eigenvalue weighted by Crippen LogP contribution is 2.24. The second-order valence-corrected chi connectivity index (χ2v) is 8.12. The number of nitrogens with one attached hydrogen (secondary N) is 1. The van der Waals surface area contributed by atoms with Gasteiger partial charge >= 0.3 is 5.69 Å². The number of aryl methyl sites for hydroxylation is 2. The zero-order chi connectivity index (χ0) is 22.3. The standard InChI is InChI=1S/C22H22ClN5O3/c1-12(2)28-18-8-5-15(21-24-14(4)31-26-21)10-19(18)27(22(28)30)11-20(29)25-17-7-6-16(23)9-13(17)3/h5-10,12H,11H2,1-4H3,(H,25,29). The Morgan fingerprint density at radius 2 is 1.94 bits per heavy atom. The molecule has 8 nitrogen and oxygen atoms in total. The molecule has 2 aromatic carbocycles. The predicted molar refractivity (Wildman–Crippen MR) is 119 cm³/mol. The van der Waals surface area contributed by atoms with E-state index in [9.17, 15) is 9.59 Å². The Bertz CT molecular complexity index is 1350. The van der Waals surface area contributed by atoms with Crippen LogP contribution < -0.4 is 11.0 Å². The summed E-state index contributed by atoms with van der Waals surface area (Å²) in [7, 11) is 0. The fourth-order valence-electron chi connectivity index (χ4n) is 3.59. The van der Waals surface area contributed by atoms with Gasteiger partial charge in [-0.15, -0.1) is 0 Å². The van der Waals surface area contributed by atoms with Crippen molar-refractivity contribution >= 4 is 34.2 Å². The summed E-state index contributed by atoms with van der Waals surface area (Å²) in [5, 5.41) is 7.40. The first kappa shape index (κ1) is 20.9. The highest BCUT2D eigenvalue weighted by molar-refractivity contribution is 6.30. The van der Waals surface area contributed by atoms with Gasteiger partial charge in [0.05, 0.1) is 11.0 Å². The lowest BCUT2D eigenvalue weighted by molar-refractivity contribution is -0.116. The maximum absolute atomic E-state index is 13.2.